The number of unbranched alkanes of at least 4 members (excludes halogenated alkanes) is 1. The SMILES string of the molecule is CCOC(=O)CCCCC(CC)c1ccc(O)cc1Cc1ccc(C(=O)OCC)cc1. The predicted octanol–water partition coefficient (Wildman–Crippen LogP) is 5.78. The summed E-state index contributed by atoms with van der Waals surface area (Å²) in [5, 5.41) is 10.1. The number of carbonyl (C=O) groups excluding carboxylic acids is 2. The van der Waals surface area contributed by atoms with Crippen molar-refractivity contribution >= 4 is 11.9 Å². The van der Waals surface area contributed by atoms with Crippen LogP contribution in [0.2, 0.25) is 0 Å². The van der Waals surface area contributed by atoms with Crippen molar-refractivity contribution in [1.29, 1.82) is 0 Å². The van der Waals surface area contributed by atoms with Gasteiger partial charge in [-0.05, 0) is 86.4 Å². The molecule has 0 radical (unpaired) electrons. The van der Waals surface area contributed by atoms with Gasteiger partial charge in [0, 0.05) is 6.42 Å². The molecule has 0 heterocycles. The molecule has 5 heteroatoms. The lowest BCUT2D eigenvalue weighted by Crippen LogP contribution is -2.06. The van der Waals surface area contributed by atoms with Crippen LogP contribution in [0.25, 0.3) is 0 Å². The van der Waals surface area contributed by atoms with Crippen LogP contribution in [0, 0.1) is 0 Å². The van der Waals surface area contributed by atoms with Gasteiger partial charge in [0.2, 0.25) is 0 Å². The lowest BCUT2D eigenvalue weighted by Gasteiger charge is -2.20. The molecular weight excluding hydrogens is 392 g/mol. The number of esters is 2. The average molecular weight is 427 g/mol. The Kier molecular flexibility index (Phi) is 10.1. The number of hydrogen-bond acceptors (Lipinski definition) is 5. The molecule has 2 aromatic carbocycles. The van der Waals surface area contributed by atoms with Crippen LogP contribution in [-0.4, -0.2) is 30.3 Å². The molecule has 0 spiro atoms. The third-order valence-electron chi connectivity index (χ3n) is 5.41. The Morgan fingerprint density at radius 3 is 2.29 bits per heavy atom. The fourth-order valence-corrected chi connectivity index (χ4v) is 3.81. The van der Waals surface area contributed by atoms with E-state index >= 15 is 0 Å². The molecule has 1 atom stereocenters. The van der Waals surface area contributed by atoms with Crippen molar-refractivity contribution in [2.45, 2.75) is 65.2 Å². The molecule has 2 rings (SSSR count). The van der Waals surface area contributed by atoms with Crippen LogP contribution in [0.15, 0.2) is 42.5 Å². The van der Waals surface area contributed by atoms with E-state index in [2.05, 4.69) is 6.92 Å². The zero-order chi connectivity index (χ0) is 22.6. The first-order valence-corrected chi connectivity index (χ1v) is 11.2. The third-order valence-corrected chi connectivity index (χ3v) is 5.41. The van der Waals surface area contributed by atoms with Crippen molar-refractivity contribution < 1.29 is 24.2 Å². The normalized spacial score (nSPS) is 11.7. The fourth-order valence-electron chi connectivity index (χ4n) is 3.81. The summed E-state index contributed by atoms with van der Waals surface area (Å²) in [5.41, 5.74) is 3.92. The first-order valence-electron chi connectivity index (χ1n) is 11.2. The summed E-state index contributed by atoms with van der Waals surface area (Å²) < 4.78 is 10.0. The summed E-state index contributed by atoms with van der Waals surface area (Å²) in [5.74, 6) is 0.156. The van der Waals surface area contributed by atoms with Gasteiger partial charge in [0.1, 0.15) is 5.75 Å². The molecule has 31 heavy (non-hydrogen) atoms. The van der Waals surface area contributed by atoms with Crippen LogP contribution in [0.1, 0.15) is 85.8 Å². The van der Waals surface area contributed by atoms with E-state index in [1.165, 1.54) is 5.56 Å². The molecule has 0 aliphatic rings. The van der Waals surface area contributed by atoms with E-state index in [1.54, 1.807) is 25.1 Å². The van der Waals surface area contributed by atoms with E-state index in [1.807, 2.05) is 31.2 Å². The molecule has 0 saturated carbocycles. The molecule has 1 N–H and O–H groups in total. The van der Waals surface area contributed by atoms with Gasteiger partial charge in [-0.15, -0.1) is 0 Å². The van der Waals surface area contributed by atoms with Crippen molar-refractivity contribution in [1.82, 2.24) is 0 Å². The van der Waals surface area contributed by atoms with Crippen LogP contribution in [0.5, 0.6) is 5.75 Å². The largest absolute Gasteiger partial charge is 0.508 e. The summed E-state index contributed by atoms with van der Waals surface area (Å²) in [6.45, 7) is 6.55. The standard InChI is InChI=1S/C26H34O5/c1-4-20(9-7-8-10-25(28)30-5-2)24-16-15-23(27)18-22(24)17-19-11-13-21(14-12-19)26(29)31-6-3/h11-16,18,20,27H,4-10,17H2,1-3H3. The lowest BCUT2D eigenvalue weighted by molar-refractivity contribution is -0.143. The van der Waals surface area contributed by atoms with E-state index in [9.17, 15) is 14.7 Å². The van der Waals surface area contributed by atoms with Gasteiger partial charge in [0.05, 0.1) is 18.8 Å². The summed E-state index contributed by atoms with van der Waals surface area (Å²) in [6, 6.07) is 13.0. The Labute approximate surface area is 185 Å². The minimum absolute atomic E-state index is 0.132. The van der Waals surface area contributed by atoms with E-state index in [-0.39, 0.29) is 17.7 Å². The van der Waals surface area contributed by atoms with Gasteiger partial charge in [0.15, 0.2) is 0 Å². The van der Waals surface area contributed by atoms with Gasteiger partial charge in [-0.25, -0.2) is 4.79 Å². The summed E-state index contributed by atoms with van der Waals surface area (Å²) in [4.78, 5) is 23.4. The van der Waals surface area contributed by atoms with Crippen molar-refractivity contribution in [3.63, 3.8) is 0 Å². The number of hydrogen-bond donors (Lipinski definition) is 1. The highest BCUT2D eigenvalue weighted by atomic mass is 16.5. The second-order valence-corrected chi connectivity index (χ2v) is 7.63. The average Bonchev–Trinajstić information content (AvgIpc) is 2.75. The fraction of sp³-hybridized carbons (Fsp3) is 0.462. The van der Waals surface area contributed by atoms with E-state index in [0.29, 0.717) is 37.5 Å². The molecular formula is C26H34O5. The molecule has 5 nitrogen and oxygen atoms in total. The molecule has 0 aromatic heterocycles. The quantitative estimate of drug-likeness (QED) is 0.344. The van der Waals surface area contributed by atoms with Gasteiger partial charge in [-0.3, -0.25) is 4.79 Å². The maximum Gasteiger partial charge on any atom is 0.338 e. The van der Waals surface area contributed by atoms with Crippen molar-refractivity contribution in [2.75, 3.05) is 13.2 Å². The second kappa shape index (κ2) is 12.8. The first-order chi connectivity index (χ1) is 15.0. The Bertz CT molecular complexity index is 841. The molecule has 2 aromatic rings. The van der Waals surface area contributed by atoms with Crippen molar-refractivity contribution in [2.24, 2.45) is 0 Å². The number of ether oxygens (including phenoxy) is 2. The van der Waals surface area contributed by atoms with Crippen molar-refractivity contribution in [3.8, 4) is 5.75 Å². The minimum Gasteiger partial charge on any atom is -0.508 e. The molecule has 0 saturated heterocycles. The number of phenolic OH excluding ortho intramolecular Hbond substituents is 1. The molecule has 0 amide bonds. The molecule has 168 valence electrons. The highest BCUT2D eigenvalue weighted by molar-refractivity contribution is 5.89. The zero-order valence-electron chi connectivity index (χ0n) is 18.9. The van der Waals surface area contributed by atoms with Crippen LogP contribution in [0.3, 0.4) is 0 Å². The Morgan fingerprint density at radius 1 is 0.935 bits per heavy atom. The third kappa shape index (κ3) is 7.74. The topological polar surface area (TPSA) is 72.8 Å². The summed E-state index contributed by atoms with van der Waals surface area (Å²) in [6.07, 6.45) is 4.87. The minimum atomic E-state index is -0.319. The molecule has 0 fully saturated rings. The van der Waals surface area contributed by atoms with Crippen LogP contribution in [-0.2, 0) is 20.7 Å². The monoisotopic (exact) mass is 426 g/mol. The number of benzene rings is 2. The van der Waals surface area contributed by atoms with Gasteiger partial charge in [-0.2, -0.15) is 0 Å². The van der Waals surface area contributed by atoms with Crippen molar-refractivity contribution in [3.05, 3.63) is 64.7 Å². The smallest absolute Gasteiger partial charge is 0.338 e. The van der Waals surface area contributed by atoms with Crippen LogP contribution < -0.4 is 0 Å². The van der Waals surface area contributed by atoms with Gasteiger partial charge >= 0.3 is 11.9 Å². The Balaban J connectivity index is 2.08. The molecule has 1 unspecified atom stereocenters. The molecule has 0 bridgehead atoms. The number of carbonyl (C=O) groups is 2. The lowest BCUT2D eigenvalue weighted by atomic mass is 9.85. The van der Waals surface area contributed by atoms with Crippen LogP contribution >= 0.6 is 0 Å². The number of aromatic hydroxyl groups is 1. The summed E-state index contributed by atoms with van der Waals surface area (Å²) in [7, 11) is 0. The van der Waals surface area contributed by atoms with E-state index in [4.69, 9.17) is 9.47 Å². The maximum absolute atomic E-state index is 11.9. The summed E-state index contributed by atoms with van der Waals surface area (Å²) >= 11 is 0. The van der Waals surface area contributed by atoms with Gasteiger partial charge < -0.3 is 14.6 Å². The maximum atomic E-state index is 11.9. The number of rotatable bonds is 12. The first kappa shape index (κ1) is 24.4. The van der Waals surface area contributed by atoms with Gasteiger partial charge in [-0.1, -0.05) is 31.5 Å². The predicted molar refractivity (Wildman–Crippen MR) is 121 cm³/mol. The zero-order valence-corrected chi connectivity index (χ0v) is 18.9. The molecule has 0 aliphatic carbocycles. The molecule has 0 aliphatic heterocycles. The Morgan fingerprint density at radius 2 is 1.65 bits per heavy atom. The second-order valence-electron chi connectivity index (χ2n) is 7.63. The highest BCUT2D eigenvalue weighted by Gasteiger charge is 2.16. The van der Waals surface area contributed by atoms with Crippen LogP contribution in [0.4, 0.5) is 0 Å². The Hall–Kier alpha value is -2.82. The highest BCUT2D eigenvalue weighted by Crippen LogP contribution is 2.32. The van der Waals surface area contributed by atoms with E-state index in [0.717, 1.165) is 36.8 Å². The van der Waals surface area contributed by atoms with E-state index < -0.39 is 0 Å². The number of phenols is 1. The van der Waals surface area contributed by atoms with Gasteiger partial charge in [0.25, 0.3) is 0 Å².